The minimum absolute atomic E-state index is 0.139. The van der Waals surface area contributed by atoms with Gasteiger partial charge in [0, 0.05) is 18.7 Å². The lowest BCUT2D eigenvalue weighted by Gasteiger charge is -2.12. The van der Waals surface area contributed by atoms with Gasteiger partial charge in [0.2, 0.25) is 0 Å². The highest BCUT2D eigenvalue weighted by molar-refractivity contribution is 5.94. The van der Waals surface area contributed by atoms with Gasteiger partial charge in [-0.2, -0.15) is 0 Å². The van der Waals surface area contributed by atoms with E-state index in [1.165, 1.54) is 10.9 Å². The Morgan fingerprint density at radius 3 is 2.70 bits per heavy atom. The van der Waals surface area contributed by atoms with E-state index in [0.29, 0.717) is 41.2 Å². The molecule has 1 amide bonds. The summed E-state index contributed by atoms with van der Waals surface area (Å²) in [7, 11) is 0. The van der Waals surface area contributed by atoms with Crippen LogP contribution in [-0.4, -0.2) is 28.5 Å². The maximum atomic E-state index is 13.3. The van der Waals surface area contributed by atoms with Gasteiger partial charge in [0.25, 0.3) is 11.5 Å². The molecule has 0 spiro atoms. The fraction of sp³-hybridized carbons (Fsp3) is 0.375. The summed E-state index contributed by atoms with van der Waals surface area (Å²) in [5, 5.41) is 6.80. The van der Waals surface area contributed by atoms with Crippen molar-refractivity contribution in [1.29, 1.82) is 0 Å². The van der Waals surface area contributed by atoms with E-state index in [-0.39, 0.29) is 11.5 Å². The monoisotopic (exact) mass is 406 g/mol. The van der Waals surface area contributed by atoms with E-state index in [1.807, 2.05) is 38.1 Å². The molecule has 30 heavy (non-hydrogen) atoms. The molecule has 158 valence electrons. The third kappa shape index (κ3) is 4.94. The quantitative estimate of drug-likeness (QED) is 0.561. The number of hydrogen-bond acceptors (Lipinski definition) is 4. The lowest BCUT2D eigenvalue weighted by atomic mass is 10.1. The number of nitrogens with zero attached hydrogens (tertiary/aromatic N) is 2. The summed E-state index contributed by atoms with van der Waals surface area (Å²) < 4.78 is 1.52. The third-order valence-electron chi connectivity index (χ3n) is 5.12. The second-order valence-electron chi connectivity index (χ2n) is 7.99. The highest BCUT2D eigenvalue weighted by Crippen LogP contribution is 2.17. The van der Waals surface area contributed by atoms with E-state index < -0.39 is 0 Å². The Morgan fingerprint density at radius 1 is 1.17 bits per heavy atom. The molecule has 6 nitrogen and oxygen atoms in total. The number of amides is 1. The van der Waals surface area contributed by atoms with E-state index in [0.717, 1.165) is 24.1 Å². The van der Waals surface area contributed by atoms with Crippen molar-refractivity contribution in [2.45, 2.75) is 40.7 Å². The van der Waals surface area contributed by atoms with Gasteiger partial charge >= 0.3 is 0 Å². The van der Waals surface area contributed by atoms with Crippen LogP contribution in [0.4, 0.5) is 0 Å². The van der Waals surface area contributed by atoms with E-state index in [9.17, 15) is 9.59 Å². The summed E-state index contributed by atoms with van der Waals surface area (Å²) in [5.41, 5.74) is 3.67. The number of aromatic nitrogens is 2. The molecule has 0 aliphatic rings. The van der Waals surface area contributed by atoms with Crippen molar-refractivity contribution in [3.8, 4) is 5.69 Å². The normalized spacial score (nSPS) is 11.2. The minimum atomic E-state index is -0.157. The molecule has 0 saturated carbocycles. The summed E-state index contributed by atoms with van der Waals surface area (Å²) in [6.45, 7) is 10.4. The summed E-state index contributed by atoms with van der Waals surface area (Å²) in [6, 6.07) is 11.2. The van der Waals surface area contributed by atoms with Gasteiger partial charge in [-0.1, -0.05) is 26.0 Å². The van der Waals surface area contributed by atoms with Crippen molar-refractivity contribution in [2.75, 3.05) is 13.1 Å². The summed E-state index contributed by atoms with van der Waals surface area (Å²) in [6.07, 6.45) is 2.65. The van der Waals surface area contributed by atoms with Gasteiger partial charge in [-0.3, -0.25) is 14.2 Å². The molecule has 6 heteroatoms. The summed E-state index contributed by atoms with van der Waals surface area (Å²) >= 11 is 0. The van der Waals surface area contributed by atoms with Gasteiger partial charge in [-0.05, 0) is 68.1 Å². The number of carbonyl (C=O) groups excluding carboxylic acids is 1. The Hall–Kier alpha value is -2.99. The first-order chi connectivity index (χ1) is 14.4. The first-order valence-electron chi connectivity index (χ1n) is 10.5. The molecule has 0 aliphatic carbocycles. The van der Waals surface area contributed by atoms with E-state index in [2.05, 4.69) is 29.5 Å². The van der Waals surface area contributed by atoms with Crippen LogP contribution in [0.25, 0.3) is 16.6 Å². The summed E-state index contributed by atoms with van der Waals surface area (Å²) in [5.74, 6) is 0.499. The molecule has 0 bridgehead atoms. The standard InChI is InChI=1S/C24H30N4O2/c1-5-26-23(29)19-8-6-17(4)22(13-19)28-15-27-21-9-7-18(12-20(21)24(28)30)14-25-11-10-16(2)3/h6-9,12-13,15-16,25H,5,10-11,14H2,1-4H3,(H,26,29). The second-order valence-corrected chi connectivity index (χ2v) is 7.99. The predicted molar refractivity (Wildman–Crippen MR) is 121 cm³/mol. The van der Waals surface area contributed by atoms with Crippen molar-refractivity contribution in [2.24, 2.45) is 5.92 Å². The van der Waals surface area contributed by atoms with Gasteiger partial charge < -0.3 is 10.6 Å². The van der Waals surface area contributed by atoms with Crippen molar-refractivity contribution in [3.63, 3.8) is 0 Å². The number of nitrogens with one attached hydrogen (secondary N) is 2. The van der Waals surface area contributed by atoms with Gasteiger partial charge in [0.1, 0.15) is 6.33 Å². The largest absolute Gasteiger partial charge is 0.352 e. The third-order valence-corrected chi connectivity index (χ3v) is 5.12. The molecular formula is C24H30N4O2. The highest BCUT2D eigenvalue weighted by Gasteiger charge is 2.12. The molecule has 2 aromatic carbocycles. The fourth-order valence-electron chi connectivity index (χ4n) is 3.35. The fourth-order valence-corrected chi connectivity index (χ4v) is 3.35. The molecule has 0 aliphatic heterocycles. The molecule has 3 aromatic rings. The predicted octanol–water partition coefficient (Wildman–Crippen LogP) is 3.58. The number of rotatable bonds is 8. The average Bonchev–Trinajstić information content (AvgIpc) is 2.72. The second kappa shape index (κ2) is 9.67. The van der Waals surface area contributed by atoms with E-state index in [1.54, 1.807) is 12.1 Å². The first-order valence-corrected chi connectivity index (χ1v) is 10.5. The molecule has 2 N–H and O–H groups in total. The van der Waals surface area contributed by atoms with Crippen LogP contribution in [0.15, 0.2) is 47.5 Å². The Labute approximate surface area is 177 Å². The molecule has 1 aromatic heterocycles. The molecular weight excluding hydrogens is 376 g/mol. The Bertz CT molecular complexity index is 1100. The smallest absolute Gasteiger partial charge is 0.265 e. The Morgan fingerprint density at radius 2 is 1.97 bits per heavy atom. The van der Waals surface area contributed by atoms with Crippen molar-refractivity contribution >= 4 is 16.8 Å². The van der Waals surface area contributed by atoms with Gasteiger partial charge in [0.05, 0.1) is 16.6 Å². The molecule has 0 atom stereocenters. The van der Waals surface area contributed by atoms with Crippen LogP contribution >= 0.6 is 0 Å². The lowest BCUT2D eigenvalue weighted by molar-refractivity contribution is 0.0956. The molecule has 0 unspecified atom stereocenters. The maximum absolute atomic E-state index is 13.3. The zero-order chi connectivity index (χ0) is 21.7. The average molecular weight is 407 g/mol. The van der Waals surface area contributed by atoms with Gasteiger partial charge in [-0.25, -0.2) is 4.98 Å². The molecule has 1 heterocycles. The van der Waals surface area contributed by atoms with Crippen molar-refractivity contribution in [3.05, 3.63) is 69.8 Å². The van der Waals surface area contributed by atoms with Crippen LogP contribution in [0, 0.1) is 12.8 Å². The maximum Gasteiger partial charge on any atom is 0.265 e. The highest BCUT2D eigenvalue weighted by atomic mass is 16.1. The SMILES string of the molecule is CCNC(=O)c1ccc(C)c(-n2cnc3ccc(CNCCC(C)C)cc3c2=O)c1. The van der Waals surface area contributed by atoms with Crippen LogP contribution in [0.1, 0.15) is 48.7 Å². The zero-order valence-corrected chi connectivity index (χ0v) is 18.2. The van der Waals surface area contributed by atoms with Crippen LogP contribution in [-0.2, 0) is 6.54 Å². The van der Waals surface area contributed by atoms with Gasteiger partial charge in [-0.15, -0.1) is 0 Å². The van der Waals surface area contributed by atoms with E-state index in [4.69, 9.17) is 0 Å². The first kappa shape index (κ1) is 21.7. The number of benzene rings is 2. The van der Waals surface area contributed by atoms with Crippen molar-refractivity contribution in [1.82, 2.24) is 20.2 Å². The molecule has 0 saturated heterocycles. The van der Waals surface area contributed by atoms with E-state index >= 15 is 0 Å². The van der Waals surface area contributed by atoms with Gasteiger partial charge in [0.15, 0.2) is 0 Å². The van der Waals surface area contributed by atoms with Crippen molar-refractivity contribution < 1.29 is 4.79 Å². The van der Waals surface area contributed by atoms with Crippen LogP contribution in [0.5, 0.6) is 0 Å². The summed E-state index contributed by atoms with van der Waals surface area (Å²) in [4.78, 5) is 30.0. The minimum Gasteiger partial charge on any atom is -0.352 e. The number of carbonyl (C=O) groups is 1. The van der Waals surface area contributed by atoms with Crippen LogP contribution in [0.3, 0.4) is 0 Å². The molecule has 3 rings (SSSR count). The number of hydrogen-bond donors (Lipinski definition) is 2. The Balaban J connectivity index is 1.95. The van der Waals surface area contributed by atoms with Crippen LogP contribution < -0.4 is 16.2 Å². The number of aryl methyl sites for hydroxylation is 1. The number of fused-ring (bicyclic) bond motifs is 1. The molecule has 0 fully saturated rings. The lowest BCUT2D eigenvalue weighted by Crippen LogP contribution is -2.24. The zero-order valence-electron chi connectivity index (χ0n) is 18.2. The topological polar surface area (TPSA) is 76.0 Å². The molecule has 0 radical (unpaired) electrons. The van der Waals surface area contributed by atoms with Crippen LogP contribution in [0.2, 0.25) is 0 Å². The Kier molecular flexibility index (Phi) is 7.00.